The van der Waals surface area contributed by atoms with Crippen LogP contribution in [-0.2, 0) is 14.8 Å². The second kappa shape index (κ2) is 14.1. The van der Waals surface area contributed by atoms with Crippen LogP contribution in [0.25, 0.3) is 0 Å². The van der Waals surface area contributed by atoms with E-state index in [-0.39, 0.29) is 46.8 Å². The van der Waals surface area contributed by atoms with Crippen molar-refractivity contribution in [2.24, 2.45) is 5.92 Å². The molecule has 4 atom stereocenters. The van der Waals surface area contributed by atoms with E-state index >= 15 is 0 Å². The average Bonchev–Trinajstić information content (AvgIpc) is 2.90. The summed E-state index contributed by atoms with van der Waals surface area (Å²) >= 11 is 0. The minimum atomic E-state index is -3.86. The van der Waals surface area contributed by atoms with Crippen LogP contribution >= 0.6 is 0 Å². The molecule has 0 saturated heterocycles. The number of ether oxygens (including phenoxy) is 2. The molecule has 0 spiro atoms. The van der Waals surface area contributed by atoms with Gasteiger partial charge in [-0.15, -0.1) is 0 Å². The fourth-order valence-electron chi connectivity index (χ4n) is 4.62. The van der Waals surface area contributed by atoms with Crippen LogP contribution in [-0.4, -0.2) is 87.9 Å². The van der Waals surface area contributed by atoms with E-state index in [4.69, 9.17) is 9.47 Å². The molecular formula is C29H43N3O6S. The first-order valence-electron chi connectivity index (χ1n) is 13.6. The van der Waals surface area contributed by atoms with Crippen molar-refractivity contribution in [3.05, 3.63) is 54.1 Å². The molecule has 0 unspecified atom stereocenters. The predicted octanol–water partition coefficient (Wildman–Crippen LogP) is 3.84. The maximum absolute atomic E-state index is 14.1. The van der Waals surface area contributed by atoms with Crippen molar-refractivity contribution in [3.63, 3.8) is 0 Å². The molecule has 2 aromatic carbocycles. The second-order valence-corrected chi connectivity index (χ2v) is 12.4. The molecule has 9 nitrogen and oxygen atoms in total. The zero-order valence-electron chi connectivity index (χ0n) is 23.7. The Morgan fingerprint density at radius 3 is 2.51 bits per heavy atom. The van der Waals surface area contributed by atoms with Crippen LogP contribution in [0.2, 0.25) is 0 Å². The number of hydrogen-bond donors (Lipinski definition) is 2. The lowest BCUT2D eigenvalue weighted by Gasteiger charge is -2.35. The highest BCUT2D eigenvalue weighted by atomic mass is 32.2. The minimum Gasteiger partial charge on any atom is -0.490 e. The smallest absolute Gasteiger partial charge is 0.261 e. The molecule has 0 radical (unpaired) electrons. The van der Waals surface area contributed by atoms with Gasteiger partial charge in [-0.05, 0) is 77.5 Å². The first kappa shape index (κ1) is 30.9. The topological polar surface area (TPSA) is 108 Å². The quantitative estimate of drug-likeness (QED) is 0.529. The van der Waals surface area contributed by atoms with Crippen LogP contribution < -0.4 is 9.46 Å². The van der Waals surface area contributed by atoms with Crippen LogP contribution in [0.15, 0.2) is 53.4 Å². The van der Waals surface area contributed by atoms with Crippen LogP contribution in [0.4, 0.5) is 5.69 Å². The lowest BCUT2D eigenvalue weighted by molar-refractivity contribution is -0.0137. The largest absolute Gasteiger partial charge is 0.490 e. The van der Waals surface area contributed by atoms with Crippen molar-refractivity contribution in [1.82, 2.24) is 9.80 Å². The van der Waals surface area contributed by atoms with Crippen LogP contribution in [0.1, 0.15) is 50.4 Å². The van der Waals surface area contributed by atoms with Gasteiger partial charge in [0, 0.05) is 31.3 Å². The number of nitrogens with zero attached hydrogens (tertiary/aromatic N) is 2. The number of amides is 1. The van der Waals surface area contributed by atoms with E-state index in [2.05, 4.69) is 9.62 Å². The summed E-state index contributed by atoms with van der Waals surface area (Å²) in [5, 5.41) is 10.0. The molecule has 0 aliphatic carbocycles. The predicted molar refractivity (Wildman–Crippen MR) is 153 cm³/mol. The number of fused-ring (bicyclic) bond motifs is 1. The Kier molecular flexibility index (Phi) is 11.2. The van der Waals surface area contributed by atoms with Gasteiger partial charge in [-0.2, -0.15) is 0 Å². The molecule has 2 aromatic rings. The zero-order chi connectivity index (χ0) is 28.6. The van der Waals surface area contributed by atoms with Crippen molar-refractivity contribution in [1.29, 1.82) is 0 Å². The maximum Gasteiger partial charge on any atom is 0.261 e. The van der Waals surface area contributed by atoms with E-state index in [9.17, 15) is 18.3 Å². The third kappa shape index (κ3) is 8.66. The number of rotatable bonds is 7. The summed E-state index contributed by atoms with van der Waals surface area (Å²) in [6, 6.07) is 12.4. The van der Waals surface area contributed by atoms with Gasteiger partial charge >= 0.3 is 0 Å². The summed E-state index contributed by atoms with van der Waals surface area (Å²) in [6.45, 7) is 7.27. The lowest BCUT2D eigenvalue weighted by Crippen LogP contribution is -2.47. The van der Waals surface area contributed by atoms with Crippen molar-refractivity contribution in [3.8, 4) is 5.75 Å². The van der Waals surface area contributed by atoms with Crippen LogP contribution in [0, 0.1) is 5.92 Å². The van der Waals surface area contributed by atoms with Gasteiger partial charge in [0.05, 0.1) is 35.3 Å². The highest BCUT2D eigenvalue weighted by molar-refractivity contribution is 7.92. The van der Waals surface area contributed by atoms with Crippen LogP contribution in [0.3, 0.4) is 0 Å². The number of sulfonamides is 1. The van der Waals surface area contributed by atoms with E-state index in [1.807, 2.05) is 27.9 Å². The van der Waals surface area contributed by atoms with Gasteiger partial charge in [0.25, 0.3) is 15.9 Å². The Hall–Kier alpha value is -2.66. The zero-order valence-corrected chi connectivity index (χ0v) is 24.5. The van der Waals surface area contributed by atoms with Gasteiger partial charge in [-0.3, -0.25) is 9.52 Å². The number of hydrogen-bond acceptors (Lipinski definition) is 7. The summed E-state index contributed by atoms with van der Waals surface area (Å²) in [6.07, 6.45) is 2.33. The van der Waals surface area contributed by atoms with E-state index in [0.29, 0.717) is 25.4 Å². The summed E-state index contributed by atoms with van der Waals surface area (Å²) in [5.41, 5.74) is 0.492. The van der Waals surface area contributed by atoms with E-state index in [1.54, 1.807) is 42.2 Å². The first-order chi connectivity index (χ1) is 18.5. The molecule has 0 saturated carbocycles. The molecule has 0 bridgehead atoms. The van der Waals surface area contributed by atoms with Gasteiger partial charge in [-0.1, -0.05) is 25.1 Å². The average molecular weight is 562 g/mol. The Labute approximate surface area is 233 Å². The molecule has 10 heteroatoms. The Bertz CT molecular complexity index is 1170. The number of anilines is 1. The third-order valence-corrected chi connectivity index (χ3v) is 8.30. The molecule has 1 heterocycles. The molecule has 216 valence electrons. The Balaban J connectivity index is 2.02. The summed E-state index contributed by atoms with van der Waals surface area (Å²) in [4.78, 5) is 17.9. The highest BCUT2D eigenvalue weighted by Crippen LogP contribution is 2.29. The number of aliphatic hydroxyl groups is 1. The van der Waals surface area contributed by atoms with Crippen molar-refractivity contribution < 1.29 is 27.8 Å². The first-order valence-corrected chi connectivity index (χ1v) is 15.1. The number of likely N-dealkylation sites (N-methyl/N-ethyl adjacent to an activating group) is 1. The van der Waals surface area contributed by atoms with E-state index in [1.165, 1.54) is 18.2 Å². The fraction of sp³-hybridized carbons (Fsp3) is 0.552. The maximum atomic E-state index is 14.1. The van der Waals surface area contributed by atoms with Gasteiger partial charge < -0.3 is 24.4 Å². The summed E-state index contributed by atoms with van der Waals surface area (Å²) < 4.78 is 41.0. The molecule has 0 fully saturated rings. The number of carbonyl (C=O) groups excluding carboxylic acids is 1. The SMILES string of the molecule is C[C@H](CO)N1C[C@H](C)[C@@H](CN(C)C)OCCCC[C@H](C)Oc2ccc(NS(=O)(=O)c3ccccc3)cc2C1=O. The molecular weight excluding hydrogens is 518 g/mol. The number of carbonyl (C=O) groups is 1. The minimum absolute atomic E-state index is 0.0173. The molecule has 1 amide bonds. The number of nitrogens with one attached hydrogen (secondary N) is 1. The van der Waals surface area contributed by atoms with E-state index in [0.717, 1.165) is 19.3 Å². The molecule has 0 aromatic heterocycles. The van der Waals surface area contributed by atoms with Crippen LogP contribution in [0.5, 0.6) is 5.75 Å². The van der Waals surface area contributed by atoms with E-state index < -0.39 is 16.1 Å². The summed E-state index contributed by atoms with van der Waals surface area (Å²) in [5.74, 6) is 0.0273. The second-order valence-electron chi connectivity index (χ2n) is 10.7. The van der Waals surface area contributed by atoms with Crippen molar-refractivity contribution >= 4 is 21.6 Å². The Morgan fingerprint density at radius 2 is 1.85 bits per heavy atom. The molecule has 39 heavy (non-hydrogen) atoms. The number of benzene rings is 2. The number of aliphatic hydroxyl groups excluding tert-OH is 1. The molecule has 1 aliphatic rings. The van der Waals surface area contributed by atoms with Gasteiger partial charge in [0.1, 0.15) is 5.75 Å². The van der Waals surface area contributed by atoms with Crippen molar-refractivity contribution in [2.45, 2.75) is 63.2 Å². The standard InChI is InChI=1S/C29H43N3O6S/c1-21-18-32(22(2)20-33)29(34)26-17-24(30-39(35,36)25-12-7-6-8-13-25)14-15-27(26)38-23(3)11-9-10-16-37-28(21)19-31(4)5/h6-8,12-15,17,21-23,28,30,33H,9-11,16,18-20H2,1-5H3/t21-,22+,23-,28+/m0/s1. The Morgan fingerprint density at radius 1 is 1.13 bits per heavy atom. The molecule has 1 aliphatic heterocycles. The lowest BCUT2D eigenvalue weighted by atomic mass is 10.0. The highest BCUT2D eigenvalue weighted by Gasteiger charge is 2.30. The normalized spacial score (nSPS) is 22.5. The van der Waals surface area contributed by atoms with Crippen molar-refractivity contribution in [2.75, 3.05) is 45.1 Å². The molecule has 3 rings (SSSR count). The van der Waals surface area contributed by atoms with Gasteiger partial charge in [0.2, 0.25) is 0 Å². The monoisotopic (exact) mass is 561 g/mol. The molecule has 2 N–H and O–H groups in total. The van der Waals surface area contributed by atoms with Gasteiger partial charge in [0.15, 0.2) is 0 Å². The third-order valence-electron chi connectivity index (χ3n) is 6.90. The van der Waals surface area contributed by atoms with Gasteiger partial charge in [-0.25, -0.2) is 8.42 Å². The summed E-state index contributed by atoms with van der Waals surface area (Å²) in [7, 11) is 0.132. The fourth-order valence-corrected chi connectivity index (χ4v) is 5.69.